The number of urea groups is 1. The van der Waals surface area contributed by atoms with Gasteiger partial charge in [0.2, 0.25) is 53.2 Å². The number of amides is 11. The highest BCUT2D eigenvalue weighted by Crippen LogP contribution is 2.30. The number of ether oxygens (including phenoxy) is 6. The summed E-state index contributed by atoms with van der Waals surface area (Å²) in [5.41, 5.74) is 10.6. The number of aromatic nitrogens is 3. The average molecular weight is 1690 g/mol. The van der Waals surface area contributed by atoms with Gasteiger partial charge in [0, 0.05) is 75.3 Å². The predicted molar refractivity (Wildman–Crippen MR) is 430 cm³/mol. The van der Waals surface area contributed by atoms with Gasteiger partial charge in [0.1, 0.15) is 43.1 Å². The zero-order chi connectivity index (χ0) is 85.8. The zero-order valence-electron chi connectivity index (χ0n) is 67.2. The molecule has 650 valence electrons. The molecular formula is C78H113N15O23S2. The summed E-state index contributed by atoms with van der Waals surface area (Å²) >= 11 is 0. The minimum absolute atomic E-state index is 0.00225. The molecule has 0 saturated heterocycles. The quantitative estimate of drug-likeness (QED) is 0.0128. The van der Waals surface area contributed by atoms with Crippen LogP contribution >= 0.6 is 0 Å². The van der Waals surface area contributed by atoms with E-state index in [4.69, 9.17) is 43.3 Å². The third-order valence-electron chi connectivity index (χ3n) is 18.4. The number of hydrogen-bond acceptors (Lipinski definition) is 24. The first kappa shape index (κ1) is 96.7. The lowest BCUT2D eigenvalue weighted by Crippen LogP contribution is -2.57. The molecule has 6 rings (SSSR count). The Labute approximate surface area is 687 Å². The highest BCUT2D eigenvalue weighted by atomic mass is 32.2. The number of hydrogen-bond donors (Lipinski definition) is 12. The zero-order valence-corrected chi connectivity index (χ0v) is 68.9. The molecule has 118 heavy (non-hydrogen) atoms. The van der Waals surface area contributed by atoms with Crippen LogP contribution in [-0.4, -0.2) is 252 Å². The van der Waals surface area contributed by atoms with Crippen LogP contribution in [0.1, 0.15) is 144 Å². The van der Waals surface area contributed by atoms with Crippen LogP contribution in [0.4, 0.5) is 16.2 Å². The van der Waals surface area contributed by atoms with Crippen LogP contribution in [0.25, 0.3) is 0 Å². The van der Waals surface area contributed by atoms with Crippen LogP contribution in [0, 0.1) is 23.7 Å². The number of benzene rings is 3. The number of para-hydroxylation sites is 1. The summed E-state index contributed by atoms with van der Waals surface area (Å²) < 4.78 is 98.7. The number of fused-ring (bicyclic) bond motifs is 3. The Bertz CT molecular complexity index is 4200. The summed E-state index contributed by atoms with van der Waals surface area (Å²) in [5.74, 6) is -1.37. The fraction of sp³-hybridized carbons (Fsp3) is 0.577. The molecule has 11 amide bonds. The van der Waals surface area contributed by atoms with Crippen molar-refractivity contribution in [3.05, 3.63) is 106 Å². The molecule has 0 bridgehead atoms. The van der Waals surface area contributed by atoms with Gasteiger partial charge in [0.05, 0.1) is 108 Å². The number of carbonyl (C=O) groups is 11. The summed E-state index contributed by atoms with van der Waals surface area (Å²) in [6, 6.07) is 17.2. The molecule has 0 saturated carbocycles. The van der Waals surface area contributed by atoms with Gasteiger partial charge in [-0.15, -0.1) is 5.10 Å². The third kappa shape index (κ3) is 38.1. The van der Waals surface area contributed by atoms with Gasteiger partial charge in [-0.3, -0.25) is 62.0 Å². The summed E-state index contributed by atoms with van der Waals surface area (Å²) in [6.07, 6.45) is 3.29. The smallest absolute Gasteiger partial charge is 0.312 e. The van der Waals surface area contributed by atoms with Gasteiger partial charge in [0.25, 0.3) is 20.2 Å². The van der Waals surface area contributed by atoms with E-state index in [1.54, 1.807) is 61.5 Å². The van der Waals surface area contributed by atoms with Gasteiger partial charge in [0.15, 0.2) is 0 Å². The van der Waals surface area contributed by atoms with E-state index in [1.165, 1.54) is 4.90 Å². The lowest BCUT2D eigenvalue weighted by molar-refractivity contribution is -0.148. The lowest BCUT2D eigenvalue weighted by Gasteiger charge is -2.27. The summed E-state index contributed by atoms with van der Waals surface area (Å²) in [7, 11) is -8.78. The molecule has 40 heteroatoms. The molecule has 2 heterocycles. The second-order valence-electron chi connectivity index (χ2n) is 28.6. The molecule has 13 N–H and O–H groups in total. The van der Waals surface area contributed by atoms with E-state index in [1.807, 2.05) is 48.5 Å². The van der Waals surface area contributed by atoms with E-state index >= 15 is 0 Å². The molecule has 1 aliphatic carbocycles. The number of nitrogens with two attached hydrogens (primary N) is 1. The van der Waals surface area contributed by atoms with Crippen LogP contribution in [0.3, 0.4) is 0 Å². The molecule has 3 aromatic carbocycles. The summed E-state index contributed by atoms with van der Waals surface area (Å²) in [5, 5.41) is 32.6. The van der Waals surface area contributed by atoms with Crippen molar-refractivity contribution >= 4 is 96.8 Å². The first-order valence-electron chi connectivity index (χ1n) is 39.4. The molecule has 0 fully saturated rings. The SMILES string of the molecule is CC(C)C(=O)OCc1ccc(NC(=O)[C@H](CCCNC(N)=O)NC(=O)[C@@H](NC(=O)[C@@H](CCCCNC(=O)COC2CCCCCc3c2nnn3CCN(CC(=O)NCCS(=O)(=O)O)CC(=O)NCCS(=O)(=O)O)NC(=O)CCOCCOCCOCCOCCNC(=O)CCC(=O)N2Cc3ccccc3C#Cc3ccccc32)C(C)C)cc1. The topological polar surface area (TPSA) is 523 Å². The van der Waals surface area contributed by atoms with Crippen molar-refractivity contribution in [2.24, 2.45) is 17.6 Å². The average Bonchev–Trinajstić information content (AvgIpc) is 1.26. The molecule has 2 aliphatic rings. The van der Waals surface area contributed by atoms with Crippen molar-refractivity contribution < 1.29 is 107 Å². The highest BCUT2D eigenvalue weighted by Gasteiger charge is 2.33. The molecule has 4 atom stereocenters. The first-order chi connectivity index (χ1) is 56.4. The molecule has 4 aromatic rings. The number of anilines is 2. The van der Waals surface area contributed by atoms with Crippen LogP contribution in [0.2, 0.25) is 0 Å². The Hall–Kier alpha value is -10.1. The minimum atomic E-state index is -4.39. The van der Waals surface area contributed by atoms with Crippen molar-refractivity contribution in [1.29, 1.82) is 0 Å². The van der Waals surface area contributed by atoms with E-state index in [-0.39, 0.29) is 167 Å². The molecule has 0 radical (unpaired) electrons. The molecule has 38 nitrogen and oxygen atoms in total. The van der Waals surface area contributed by atoms with Crippen LogP contribution in [0.5, 0.6) is 0 Å². The number of carbonyl (C=O) groups excluding carboxylic acids is 11. The van der Waals surface area contributed by atoms with Crippen molar-refractivity contribution in [3.8, 4) is 11.8 Å². The number of unbranched alkanes of at least 4 members (excludes halogenated alkanes) is 1. The Morgan fingerprint density at radius 2 is 1.19 bits per heavy atom. The minimum Gasteiger partial charge on any atom is -0.461 e. The van der Waals surface area contributed by atoms with Gasteiger partial charge in [-0.25, -0.2) is 9.48 Å². The summed E-state index contributed by atoms with van der Waals surface area (Å²) in [6.45, 7) is 7.02. The normalized spacial score (nSPS) is 14.0. The fourth-order valence-electron chi connectivity index (χ4n) is 12.1. The number of primary amides is 1. The number of esters is 1. The molecule has 1 aliphatic heterocycles. The molecule has 0 spiro atoms. The van der Waals surface area contributed by atoms with Crippen molar-refractivity contribution in [3.63, 3.8) is 0 Å². The second kappa shape index (κ2) is 52.0. The van der Waals surface area contributed by atoms with Crippen LogP contribution < -0.4 is 58.5 Å². The molecule has 1 aromatic heterocycles. The van der Waals surface area contributed by atoms with Gasteiger partial charge < -0.3 is 86.9 Å². The summed E-state index contributed by atoms with van der Waals surface area (Å²) in [4.78, 5) is 148. The van der Waals surface area contributed by atoms with Crippen molar-refractivity contribution in [2.45, 2.75) is 155 Å². The maximum atomic E-state index is 14.4. The monoisotopic (exact) mass is 1690 g/mol. The standard InChI is InChI=1S/C78H113N15O23S2/c1-54(2)72(76(102)87-62(19-14-33-84-78(79)104)74(100)85-60-27-23-56(24-28-60)52-116-77(103)55(3)4)88-75(101)61(86-67(95)31-39-111-41-43-113-45-46-114-44-42-112-40-34-81-66(94)29-30-71(99)92-49-59-17-9-8-15-57(59)25-26-58-16-10-11-20-63(58)92)18-12-13-32-80-70(98)53-115-65-22-7-5-6-21-64-73(65)89-90-93(64)38-37-91(50-68(96)82-35-47-117(105,106)107)51-69(97)83-36-48-118(108,109)110/h8-11,15-17,20,23-24,27-28,54-55,61-62,65,72H,5-7,12-14,18-19,21-22,29-53H2,1-4H3,(H,80,98)(H,81,94)(H,82,96)(H,83,97)(H,85,100)(H,86,95)(H,87,102)(H,88,101)(H3,79,84,104)(H,105,106,107)(H,108,109,110)/t61-,62+,65?,72+/m1/s1. The maximum Gasteiger partial charge on any atom is 0.312 e. The van der Waals surface area contributed by atoms with E-state index in [0.29, 0.717) is 54.1 Å². The van der Waals surface area contributed by atoms with Crippen LogP contribution in [-0.2, 0) is 123 Å². The van der Waals surface area contributed by atoms with Crippen molar-refractivity contribution in [2.75, 3.05) is 134 Å². The van der Waals surface area contributed by atoms with Crippen LogP contribution in [0.15, 0.2) is 72.8 Å². The number of nitrogens with zero attached hydrogens (tertiary/aromatic N) is 5. The fourth-order valence-corrected chi connectivity index (χ4v) is 12.8. The Morgan fingerprint density at radius 3 is 1.84 bits per heavy atom. The Balaban J connectivity index is 0.973. The number of rotatable bonds is 54. The van der Waals surface area contributed by atoms with E-state index in [9.17, 15) is 69.6 Å². The Kier molecular flexibility index (Phi) is 42.6. The Morgan fingerprint density at radius 1 is 0.593 bits per heavy atom. The van der Waals surface area contributed by atoms with Gasteiger partial charge in [-0.2, -0.15) is 16.8 Å². The molecule has 1 unspecified atom stereocenters. The van der Waals surface area contributed by atoms with E-state index in [0.717, 1.165) is 36.0 Å². The number of nitrogens with one attached hydrogen (secondary N) is 9. The van der Waals surface area contributed by atoms with Crippen molar-refractivity contribution in [1.82, 2.24) is 62.4 Å². The highest BCUT2D eigenvalue weighted by molar-refractivity contribution is 7.86. The third-order valence-corrected chi connectivity index (χ3v) is 19.8. The maximum absolute atomic E-state index is 14.4. The predicted octanol–water partition coefficient (Wildman–Crippen LogP) is 1.25. The van der Waals surface area contributed by atoms with E-state index in [2.05, 4.69) is 70.0 Å². The largest absolute Gasteiger partial charge is 0.461 e. The molecular weight excluding hydrogens is 1580 g/mol. The van der Waals surface area contributed by atoms with E-state index < -0.39 is 135 Å². The van der Waals surface area contributed by atoms with Gasteiger partial charge in [-0.05, 0) is 98.7 Å². The van der Waals surface area contributed by atoms with Gasteiger partial charge >= 0.3 is 12.0 Å². The van der Waals surface area contributed by atoms with Gasteiger partial charge in [-0.1, -0.05) is 100 Å². The lowest BCUT2D eigenvalue weighted by atomic mass is 9.99. The first-order valence-corrected chi connectivity index (χ1v) is 42.7. The second-order valence-corrected chi connectivity index (χ2v) is 31.8.